The van der Waals surface area contributed by atoms with Gasteiger partial charge < -0.3 is 19.9 Å². The second-order valence-corrected chi connectivity index (χ2v) is 6.98. The number of para-hydroxylation sites is 1. The molecule has 4 rings (SSSR count). The molecule has 3 heterocycles. The molecule has 1 fully saturated rings. The number of nitrogens with two attached hydrogens (primary N) is 1. The Morgan fingerprint density at radius 2 is 2.03 bits per heavy atom. The zero-order valence-corrected chi connectivity index (χ0v) is 16.2. The molecule has 9 heteroatoms. The van der Waals surface area contributed by atoms with Crippen molar-refractivity contribution < 1.29 is 18.8 Å². The number of nitrogens with zero attached hydrogens (tertiary/aromatic N) is 4. The minimum Gasteiger partial charge on any atom is -0.484 e. The SMILES string of the molecule is NC(=O)c1cncc(-c2noc(C3CCCCN3C(=O)COc3ccccc3)n2)c1. The topological polar surface area (TPSA) is 124 Å². The zero-order chi connectivity index (χ0) is 20.9. The van der Waals surface area contributed by atoms with E-state index in [9.17, 15) is 9.59 Å². The molecule has 0 bridgehead atoms. The fraction of sp³-hybridized carbons (Fsp3) is 0.286. The number of piperidine rings is 1. The third kappa shape index (κ3) is 4.29. The van der Waals surface area contributed by atoms with Gasteiger partial charge in [-0.1, -0.05) is 23.4 Å². The Kier molecular flexibility index (Phi) is 5.69. The van der Waals surface area contributed by atoms with Crippen molar-refractivity contribution in [1.29, 1.82) is 0 Å². The maximum absolute atomic E-state index is 12.8. The summed E-state index contributed by atoms with van der Waals surface area (Å²) in [5.41, 5.74) is 6.08. The van der Waals surface area contributed by atoms with E-state index < -0.39 is 5.91 Å². The fourth-order valence-corrected chi connectivity index (χ4v) is 3.42. The van der Waals surface area contributed by atoms with Crippen LogP contribution in [0.2, 0.25) is 0 Å². The van der Waals surface area contributed by atoms with Gasteiger partial charge in [-0.25, -0.2) is 0 Å². The minimum absolute atomic E-state index is 0.0634. The number of benzene rings is 1. The average Bonchev–Trinajstić information content (AvgIpc) is 3.28. The van der Waals surface area contributed by atoms with Crippen LogP contribution in [0, 0.1) is 0 Å². The smallest absolute Gasteiger partial charge is 0.261 e. The lowest BCUT2D eigenvalue weighted by molar-refractivity contribution is -0.138. The number of likely N-dealkylation sites (tertiary alicyclic amines) is 1. The highest BCUT2D eigenvalue weighted by molar-refractivity contribution is 5.93. The van der Waals surface area contributed by atoms with Crippen LogP contribution in [0.4, 0.5) is 0 Å². The number of pyridine rings is 1. The van der Waals surface area contributed by atoms with Gasteiger partial charge in [-0.05, 0) is 37.5 Å². The number of amides is 2. The number of hydrogen-bond acceptors (Lipinski definition) is 7. The number of primary amides is 1. The molecule has 1 atom stereocenters. The number of ether oxygens (including phenoxy) is 1. The van der Waals surface area contributed by atoms with E-state index in [1.165, 1.54) is 12.4 Å². The molecule has 1 aliphatic rings. The Hall–Kier alpha value is -3.75. The largest absolute Gasteiger partial charge is 0.484 e. The third-order valence-electron chi connectivity index (χ3n) is 4.94. The first kappa shape index (κ1) is 19.6. The number of carbonyl (C=O) groups is 2. The molecule has 1 aromatic carbocycles. The van der Waals surface area contributed by atoms with Gasteiger partial charge in [0.1, 0.15) is 11.8 Å². The van der Waals surface area contributed by atoms with E-state index >= 15 is 0 Å². The van der Waals surface area contributed by atoms with E-state index in [-0.39, 0.29) is 24.1 Å². The highest BCUT2D eigenvalue weighted by Crippen LogP contribution is 2.31. The van der Waals surface area contributed by atoms with Gasteiger partial charge in [-0.3, -0.25) is 14.6 Å². The standard InChI is InChI=1S/C21H21N5O4/c22-19(28)14-10-15(12-23-11-14)20-24-21(30-25-20)17-8-4-5-9-26(17)18(27)13-29-16-6-2-1-3-7-16/h1-3,6-7,10-12,17H,4-5,8-9,13H2,(H2,22,28). The summed E-state index contributed by atoms with van der Waals surface area (Å²) >= 11 is 0. The van der Waals surface area contributed by atoms with E-state index in [0.29, 0.717) is 29.6 Å². The van der Waals surface area contributed by atoms with E-state index in [4.69, 9.17) is 15.0 Å². The molecule has 1 unspecified atom stereocenters. The van der Waals surface area contributed by atoms with Gasteiger partial charge in [0.05, 0.1) is 5.56 Å². The molecule has 2 N–H and O–H groups in total. The van der Waals surface area contributed by atoms with Gasteiger partial charge in [-0.2, -0.15) is 4.98 Å². The molecule has 2 amide bonds. The van der Waals surface area contributed by atoms with Crippen LogP contribution in [0.3, 0.4) is 0 Å². The van der Waals surface area contributed by atoms with Crippen molar-refractivity contribution in [3.63, 3.8) is 0 Å². The van der Waals surface area contributed by atoms with Gasteiger partial charge in [0.25, 0.3) is 5.91 Å². The van der Waals surface area contributed by atoms with Gasteiger partial charge in [0.15, 0.2) is 6.61 Å². The van der Waals surface area contributed by atoms with Gasteiger partial charge in [0, 0.05) is 24.5 Å². The number of rotatable bonds is 6. The van der Waals surface area contributed by atoms with Crippen LogP contribution in [-0.4, -0.2) is 45.0 Å². The molecular weight excluding hydrogens is 386 g/mol. The summed E-state index contributed by atoms with van der Waals surface area (Å²) in [5, 5.41) is 4.00. The van der Waals surface area contributed by atoms with Gasteiger partial charge in [0.2, 0.25) is 17.6 Å². The molecule has 154 valence electrons. The van der Waals surface area contributed by atoms with E-state index in [1.807, 2.05) is 18.2 Å². The molecule has 9 nitrogen and oxygen atoms in total. The summed E-state index contributed by atoms with van der Waals surface area (Å²) in [4.78, 5) is 34.4. The van der Waals surface area contributed by atoms with Gasteiger partial charge in [-0.15, -0.1) is 0 Å². The van der Waals surface area contributed by atoms with Crippen molar-refractivity contribution >= 4 is 11.8 Å². The first-order valence-electron chi connectivity index (χ1n) is 9.68. The first-order chi connectivity index (χ1) is 14.6. The third-order valence-corrected chi connectivity index (χ3v) is 4.94. The molecule has 0 saturated carbocycles. The summed E-state index contributed by atoms with van der Waals surface area (Å²) in [6.45, 7) is 0.532. The summed E-state index contributed by atoms with van der Waals surface area (Å²) in [7, 11) is 0. The van der Waals surface area contributed by atoms with Crippen molar-refractivity contribution in [2.24, 2.45) is 5.73 Å². The summed E-state index contributed by atoms with van der Waals surface area (Å²) in [6, 6.07) is 10.4. The predicted molar refractivity (Wildman–Crippen MR) is 106 cm³/mol. The Labute approximate surface area is 172 Å². The van der Waals surface area contributed by atoms with Crippen molar-refractivity contribution in [2.45, 2.75) is 25.3 Å². The molecular formula is C21H21N5O4. The van der Waals surface area contributed by atoms with Crippen LogP contribution < -0.4 is 10.5 Å². The van der Waals surface area contributed by atoms with Crippen LogP contribution in [0.1, 0.15) is 41.6 Å². The Morgan fingerprint density at radius 1 is 1.20 bits per heavy atom. The molecule has 3 aromatic rings. The Balaban J connectivity index is 1.50. The first-order valence-corrected chi connectivity index (χ1v) is 9.68. The second kappa shape index (κ2) is 8.73. The van der Waals surface area contributed by atoms with Crippen molar-refractivity contribution in [1.82, 2.24) is 20.0 Å². The second-order valence-electron chi connectivity index (χ2n) is 6.98. The highest BCUT2D eigenvalue weighted by Gasteiger charge is 2.32. The molecule has 0 spiro atoms. The number of hydrogen-bond donors (Lipinski definition) is 1. The van der Waals surface area contributed by atoms with Crippen LogP contribution in [0.5, 0.6) is 5.75 Å². The van der Waals surface area contributed by atoms with Crippen LogP contribution >= 0.6 is 0 Å². The van der Waals surface area contributed by atoms with Crippen molar-refractivity contribution in [3.8, 4) is 17.1 Å². The van der Waals surface area contributed by atoms with Crippen molar-refractivity contribution in [2.75, 3.05) is 13.2 Å². The summed E-state index contributed by atoms with van der Waals surface area (Å²) in [6.07, 6.45) is 5.47. The molecule has 30 heavy (non-hydrogen) atoms. The molecule has 1 saturated heterocycles. The monoisotopic (exact) mass is 407 g/mol. The quantitative estimate of drug-likeness (QED) is 0.665. The molecule has 0 aliphatic carbocycles. The lowest BCUT2D eigenvalue weighted by Gasteiger charge is -2.33. The van der Waals surface area contributed by atoms with Gasteiger partial charge >= 0.3 is 0 Å². The van der Waals surface area contributed by atoms with Crippen LogP contribution in [-0.2, 0) is 4.79 Å². The van der Waals surface area contributed by atoms with Crippen LogP contribution in [0.25, 0.3) is 11.4 Å². The van der Waals surface area contributed by atoms with Crippen molar-refractivity contribution in [3.05, 3.63) is 60.2 Å². The highest BCUT2D eigenvalue weighted by atomic mass is 16.5. The number of aromatic nitrogens is 3. The Morgan fingerprint density at radius 3 is 2.83 bits per heavy atom. The predicted octanol–water partition coefficient (Wildman–Crippen LogP) is 2.36. The fourth-order valence-electron chi connectivity index (χ4n) is 3.42. The Bertz CT molecular complexity index is 1040. The normalized spacial score (nSPS) is 16.3. The van der Waals surface area contributed by atoms with E-state index in [0.717, 1.165) is 19.3 Å². The van der Waals surface area contributed by atoms with E-state index in [1.54, 1.807) is 23.1 Å². The van der Waals surface area contributed by atoms with E-state index in [2.05, 4.69) is 15.1 Å². The summed E-state index contributed by atoms with van der Waals surface area (Å²) < 4.78 is 11.1. The molecule has 0 radical (unpaired) electrons. The number of carbonyl (C=O) groups excluding carboxylic acids is 2. The molecule has 1 aliphatic heterocycles. The molecule has 2 aromatic heterocycles. The maximum Gasteiger partial charge on any atom is 0.261 e. The summed E-state index contributed by atoms with van der Waals surface area (Å²) in [5.74, 6) is 0.555. The maximum atomic E-state index is 12.8. The average molecular weight is 407 g/mol. The zero-order valence-electron chi connectivity index (χ0n) is 16.2. The minimum atomic E-state index is -0.587. The lowest BCUT2D eigenvalue weighted by Crippen LogP contribution is -2.41. The lowest BCUT2D eigenvalue weighted by atomic mass is 10.0. The van der Waals surface area contributed by atoms with Crippen LogP contribution in [0.15, 0.2) is 53.3 Å².